The predicted molar refractivity (Wildman–Crippen MR) is 140 cm³/mol. The van der Waals surface area contributed by atoms with Gasteiger partial charge < -0.3 is 40.7 Å². The molecule has 6 atom stereocenters. The Morgan fingerprint density at radius 1 is 1.12 bits per heavy atom. The van der Waals surface area contributed by atoms with Crippen molar-refractivity contribution >= 4 is 23.1 Å². The second-order valence-electron chi connectivity index (χ2n) is 11.0. The quantitative estimate of drug-likeness (QED) is 0.174. The van der Waals surface area contributed by atoms with Gasteiger partial charge >= 0.3 is 0 Å². The number of phenols is 2. The van der Waals surface area contributed by atoms with Crippen LogP contribution < -0.4 is 5.73 Å². The summed E-state index contributed by atoms with van der Waals surface area (Å²) in [4.78, 5) is 52.2. The number of ether oxygens (including phenoxy) is 2. The van der Waals surface area contributed by atoms with Gasteiger partial charge in [-0.05, 0) is 20.3 Å². The zero-order valence-electron chi connectivity index (χ0n) is 22.4. The van der Waals surface area contributed by atoms with E-state index in [1.165, 1.54) is 25.1 Å². The molecule has 6 unspecified atom stereocenters. The number of fused-ring (bicyclic) bond motifs is 3. The topological polar surface area (TPSA) is 214 Å². The highest BCUT2D eigenvalue weighted by Crippen LogP contribution is 2.51. The summed E-state index contributed by atoms with van der Waals surface area (Å²) in [5.41, 5.74) is 2.04. The van der Waals surface area contributed by atoms with Gasteiger partial charge in [-0.2, -0.15) is 0 Å². The Hall–Kier alpha value is -3.52. The van der Waals surface area contributed by atoms with Crippen LogP contribution in [0.25, 0.3) is 0 Å². The maximum absolute atomic E-state index is 13.7. The number of nitrogens with two attached hydrogens (primary N) is 1. The van der Waals surface area contributed by atoms with E-state index in [-0.39, 0.29) is 40.8 Å². The number of hydrogen-bond acceptors (Lipinski definition) is 12. The third-order valence-corrected chi connectivity index (χ3v) is 8.28. The van der Waals surface area contributed by atoms with Gasteiger partial charge in [0.05, 0.1) is 42.1 Å². The van der Waals surface area contributed by atoms with Gasteiger partial charge in [-0.25, -0.2) is 0 Å². The Kier molecular flexibility index (Phi) is 7.35. The summed E-state index contributed by atoms with van der Waals surface area (Å²) in [5.74, 6) is -4.55. The van der Waals surface area contributed by atoms with Crippen molar-refractivity contribution in [2.24, 2.45) is 5.73 Å². The summed E-state index contributed by atoms with van der Waals surface area (Å²) in [6, 6.07) is 3.52. The molecule has 7 N–H and O–H groups in total. The minimum Gasteiger partial charge on any atom is -0.507 e. The smallest absolute Gasteiger partial charge is 0.199 e. The van der Waals surface area contributed by atoms with E-state index in [0.29, 0.717) is 0 Å². The Labute approximate surface area is 234 Å². The summed E-state index contributed by atoms with van der Waals surface area (Å²) in [6.07, 6.45) is -4.25. The highest BCUT2D eigenvalue weighted by molar-refractivity contribution is 6.32. The third-order valence-electron chi connectivity index (χ3n) is 8.28. The van der Waals surface area contributed by atoms with Crippen molar-refractivity contribution in [1.82, 2.24) is 0 Å². The molecule has 1 heterocycles. The summed E-state index contributed by atoms with van der Waals surface area (Å²) in [6.45, 7) is 1.68. The largest absolute Gasteiger partial charge is 0.507 e. The van der Waals surface area contributed by atoms with Gasteiger partial charge in [0.1, 0.15) is 23.7 Å². The van der Waals surface area contributed by atoms with E-state index in [9.17, 15) is 44.7 Å². The number of Topliss-reactive ketones (excluding diaryl/α,β-unsaturated/α-hetero) is 2. The molecule has 41 heavy (non-hydrogen) atoms. The molecule has 12 heteroatoms. The molecule has 218 valence electrons. The molecule has 1 fully saturated rings. The van der Waals surface area contributed by atoms with Crippen molar-refractivity contribution in [3.8, 4) is 11.5 Å². The number of carbonyl (C=O) groups is 4. The number of benzene rings is 2. The molecule has 0 bridgehead atoms. The van der Waals surface area contributed by atoms with Gasteiger partial charge in [0.15, 0.2) is 23.1 Å². The van der Waals surface area contributed by atoms with Gasteiger partial charge in [0, 0.05) is 46.7 Å². The average Bonchev–Trinajstić information content (AvgIpc) is 2.93. The maximum atomic E-state index is 13.7. The first-order valence-electron chi connectivity index (χ1n) is 13.2. The second-order valence-corrected chi connectivity index (χ2v) is 11.0. The summed E-state index contributed by atoms with van der Waals surface area (Å²) >= 11 is 0. The molecule has 0 amide bonds. The summed E-state index contributed by atoms with van der Waals surface area (Å²) in [5, 5.41) is 53.7. The Balaban J connectivity index is 1.63. The zero-order chi connectivity index (χ0) is 30.0. The van der Waals surface area contributed by atoms with Crippen LogP contribution in [0.3, 0.4) is 0 Å². The van der Waals surface area contributed by atoms with Crippen molar-refractivity contribution in [3.63, 3.8) is 0 Å². The minimum absolute atomic E-state index is 0.0269. The van der Waals surface area contributed by atoms with Crippen LogP contribution >= 0.6 is 0 Å². The van der Waals surface area contributed by atoms with Crippen LogP contribution in [0.2, 0.25) is 0 Å². The number of aromatic hydroxyl groups is 2. The molecule has 0 spiro atoms. The first-order valence-corrected chi connectivity index (χ1v) is 13.2. The van der Waals surface area contributed by atoms with Crippen LogP contribution in [0.5, 0.6) is 11.5 Å². The second kappa shape index (κ2) is 10.4. The predicted octanol–water partition coefficient (Wildman–Crippen LogP) is 0.238. The lowest BCUT2D eigenvalue weighted by molar-refractivity contribution is -0.159. The highest BCUT2D eigenvalue weighted by Gasteiger charge is 2.49. The van der Waals surface area contributed by atoms with Crippen LogP contribution in [-0.2, 0) is 20.7 Å². The number of hydrogen-bond donors (Lipinski definition) is 6. The minimum atomic E-state index is -2.24. The fourth-order valence-corrected chi connectivity index (χ4v) is 6.14. The summed E-state index contributed by atoms with van der Waals surface area (Å²) < 4.78 is 11.8. The number of ketones is 4. The molecule has 3 aliphatic rings. The molecule has 5 rings (SSSR count). The van der Waals surface area contributed by atoms with Crippen LogP contribution in [-0.4, -0.2) is 91.8 Å². The van der Waals surface area contributed by atoms with E-state index in [2.05, 4.69) is 0 Å². The van der Waals surface area contributed by atoms with E-state index >= 15 is 0 Å². The number of rotatable bonds is 6. The molecule has 1 saturated heterocycles. The standard InChI is InChI=1S/C29H31NO11/c1-11(32)14-4-3-5-15-20(14)27(37)23-22(25(15)35)26(36)16-7-29(39,19(33)9-31)8-18(21(16)28(23)38)40-10-13-6-17(30)24(34)12(2)41-13/h3-5,12-13,17-18,24,31,34,36,38-39H,6-10,30H2,1-2H3. The molecule has 0 aromatic heterocycles. The molecule has 2 aromatic rings. The lowest BCUT2D eigenvalue weighted by Crippen LogP contribution is -2.52. The van der Waals surface area contributed by atoms with Gasteiger partial charge in [-0.3, -0.25) is 19.2 Å². The Bertz CT molecular complexity index is 1470. The van der Waals surface area contributed by atoms with Crippen molar-refractivity contribution in [3.05, 3.63) is 57.1 Å². The van der Waals surface area contributed by atoms with Gasteiger partial charge in [-0.15, -0.1) is 0 Å². The number of carbonyl (C=O) groups excluding carboxylic acids is 4. The van der Waals surface area contributed by atoms with Crippen molar-refractivity contribution < 1.29 is 54.2 Å². The third kappa shape index (κ3) is 4.56. The molecular formula is C29H31NO11. The molecule has 0 saturated carbocycles. The van der Waals surface area contributed by atoms with E-state index in [0.717, 1.165) is 0 Å². The Morgan fingerprint density at radius 3 is 2.44 bits per heavy atom. The lowest BCUT2D eigenvalue weighted by atomic mass is 9.71. The van der Waals surface area contributed by atoms with E-state index in [4.69, 9.17) is 15.2 Å². The van der Waals surface area contributed by atoms with Crippen molar-refractivity contribution in [1.29, 1.82) is 0 Å². The molecule has 0 radical (unpaired) electrons. The van der Waals surface area contributed by atoms with Crippen LogP contribution in [0.1, 0.15) is 86.1 Å². The number of aliphatic hydroxyl groups is 3. The van der Waals surface area contributed by atoms with Gasteiger partial charge in [0.2, 0.25) is 0 Å². The monoisotopic (exact) mass is 569 g/mol. The Morgan fingerprint density at radius 2 is 1.80 bits per heavy atom. The number of aliphatic hydroxyl groups excluding tert-OH is 2. The van der Waals surface area contributed by atoms with Crippen LogP contribution in [0, 0.1) is 0 Å². The van der Waals surface area contributed by atoms with E-state index < -0.39 is 101 Å². The first-order chi connectivity index (χ1) is 19.3. The van der Waals surface area contributed by atoms with Gasteiger partial charge in [0.25, 0.3) is 0 Å². The number of phenolic OH excluding ortho intramolecular Hbond substituents is 2. The summed E-state index contributed by atoms with van der Waals surface area (Å²) in [7, 11) is 0. The first kappa shape index (κ1) is 29.0. The average molecular weight is 570 g/mol. The highest BCUT2D eigenvalue weighted by atomic mass is 16.6. The van der Waals surface area contributed by atoms with E-state index in [1.807, 2.05) is 0 Å². The maximum Gasteiger partial charge on any atom is 0.199 e. The molecule has 2 aromatic carbocycles. The normalized spacial score (nSPS) is 29.0. The fourth-order valence-electron chi connectivity index (χ4n) is 6.14. The SMILES string of the molecule is CC(=O)c1cccc2c1C(=O)c1c(O)c3c(c(O)c1C2=O)CC(O)(C(=O)CO)CC3OCC1CC(N)C(O)C(C)O1. The lowest BCUT2D eigenvalue weighted by Gasteiger charge is -2.40. The van der Waals surface area contributed by atoms with Gasteiger partial charge in [-0.1, -0.05) is 18.2 Å². The van der Waals surface area contributed by atoms with Crippen LogP contribution in [0.15, 0.2) is 18.2 Å². The molecule has 2 aliphatic carbocycles. The van der Waals surface area contributed by atoms with Crippen LogP contribution in [0.4, 0.5) is 0 Å². The van der Waals surface area contributed by atoms with E-state index in [1.54, 1.807) is 6.92 Å². The molecular weight excluding hydrogens is 538 g/mol. The molecule has 12 nitrogen and oxygen atoms in total. The molecule has 1 aliphatic heterocycles. The zero-order valence-corrected chi connectivity index (χ0v) is 22.4. The van der Waals surface area contributed by atoms with Crippen molar-refractivity contribution in [2.75, 3.05) is 13.2 Å². The van der Waals surface area contributed by atoms with Crippen molar-refractivity contribution in [2.45, 2.75) is 69.2 Å². The fraction of sp³-hybridized carbons (Fsp3) is 0.448.